The Morgan fingerprint density at radius 3 is 2.81 bits per heavy atom. The highest BCUT2D eigenvalue weighted by atomic mass is 32.1. The Kier molecular flexibility index (Phi) is 6.22. The van der Waals surface area contributed by atoms with Crippen molar-refractivity contribution in [3.8, 4) is 0 Å². The maximum Gasteiger partial charge on any atom is 0.254 e. The first-order valence-electron chi connectivity index (χ1n) is 9.79. The summed E-state index contributed by atoms with van der Waals surface area (Å²) < 4.78 is 26.5. The van der Waals surface area contributed by atoms with E-state index < -0.39 is 17.5 Å². The van der Waals surface area contributed by atoms with E-state index in [9.17, 15) is 18.4 Å². The van der Waals surface area contributed by atoms with Gasteiger partial charge in [0.15, 0.2) is 0 Å². The van der Waals surface area contributed by atoms with E-state index in [0.29, 0.717) is 11.8 Å². The van der Waals surface area contributed by atoms with Gasteiger partial charge in [-0.2, -0.15) is 0 Å². The second-order valence-electron chi connectivity index (χ2n) is 7.12. The standard InChI is InChI=1S/C22H20F2N4O2S/c23-15-1-3-17(18(24)11-15)22(30)25-8-5-21(29)27-16-2-4-20(26-12-16)28-9-6-19-14(13-28)7-10-31-19/h1-4,7,10-12H,5-6,8-9,13H2,(H,25,30)(H,27,29). The number of nitrogens with one attached hydrogen (secondary N) is 2. The molecule has 0 fully saturated rings. The Morgan fingerprint density at radius 1 is 1.16 bits per heavy atom. The number of rotatable bonds is 6. The predicted molar refractivity (Wildman–Crippen MR) is 115 cm³/mol. The van der Waals surface area contributed by atoms with Gasteiger partial charge in [-0.1, -0.05) is 0 Å². The molecular weight excluding hydrogens is 422 g/mol. The Hall–Kier alpha value is -3.33. The van der Waals surface area contributed by atoms with Gasteiger partial charge in [0.1, 0.15) is 17.5 Å². The molecule has 4 rings (SSSR count). The molecule has 0 bridgehead atoms. The summed E-state index contributed by atoms with van der Waals surface area (Å²) in [6, 6.07) is 8.51. The fourth-order valence-corrected chi connectivity index (χ4v) is 4.26. The van der Waals surface area contributed by atoms with Crippen LogP contribution >= 0.6 is 11.3 Å². The van der Waals surface area contributed by atoms with Gasteiger partial charge in [-0.25, -0.2) is 13.8 Å². The Balaban J connectivity index is 1.25. The van der Waals surface area contributed by atoms with E-state index in [0.717, 1.165) is 37.5 Å². The first-order chi connectivity index (χ1) is 15.0. The highest BCUT2D eigenvalue weighted by molar-refractivity contribution is 7.10. The molecule has 6 nitrogen and oxygen atoms in total. The number of pyridine rings is 1. The summed E-state index contributed by atoms with van der Waals surface area (Å²) in [7, 11) is 0. The van der Waals surface area contributed by atoms with Crippen LogP contribution in [0.1, 0.15) is 27.2 Å². The van der Waals surface area contributed by atoms with Crippen LogP contribution < -0.4 is 15.5 Å². The third-order valence-corrected chi connectivity index (χ3v) is 6.00. The summed E-state index contributed by atoms with van der Waals surface area (Å²) in [5, 5.41) is 7.28. The van der Waals surface area contributed by atoms with Crippen molar-refractivity contribution in [3.05, 3.63) is 75.6 Å². The van der Waals surface area contributed by atoms with E-state index in [2.05, 4.69) is 32.0 Å². The van der Waals surface area contributed by atoms with Crippen molar-refractivity contribution in [1.29, 1.82) is 0 Å². The third kappa shape index (κ3) is 5.05. The molecule has 2 aromatic heterocycles. The quantitative estimate of drug-likeness (QED) is 0.610. The molecule has 3 heterocycles. The molecule has 0 saturated carbocycles. The minimum absolute atomic E-state index is 0.00334. The minimum Gasteiger partial charge on any atom is -0.352 e. The van der Waals surface area contributed by atoms with Gasteiger partial charge in [0, 0.05) is 37.0 Å². The molecule has 160 valence electrons. The molecule has 0 aliphatic carbocycles. The normalized spacial score (nSPS) is 12.9. The lowest BCUT2D eigenvalue weighted by molar-refractivity contribution is -0.116. The number of fused-ring (bicyclic) bond motifs is 1. The van der Waals surface area contributed by atoms with Crippen LogP contribution in [0.4, 0.5) is 20.3 Å². The Labute approximate surface area is 181 Å². The van der Waals surface area contributed by atoms with Crippen molar-refractivity contribution in [2.75, 3.05) is 23.3 Å². The number of hydrogen-bond donors (Lipinski definition) is 2. The van der Waals surface area contributed by atoms with Crippen LogP contribution in [0.5, 0.6) is 0 Å². The largest absolute Gasteiger partial charge is 0.352 e. The van der Waals surface area contributed by atoms with Crippen molar-refractivity contribution in [2.24, 2.45) is 0 Å². The van der Waals surface area contributed by atoms with E-state index >= 15 is 0 Å². The fourth-order valence-electron chi connectivity index (χ4n) is 3.37. The zero-order valence-electron chi connectivity index (χ0n) is 16.5. The zero-order valence-corrected chi connectivity index (χ0v) is 17.3. The van der Waals surface area contributed by atoms with Gasteiger partial charge < -0.3 is 15.5 Å². The number of benzene rings is 1. The summed E-state index contributed by atoms with van der Waals surface area (Å²) in [5.41, 5.74) is 1.62. The molecule has 0 saturated heterocycles. The topological polar surface area (TPSA) is 74.3 Å². The van der Waals surface area contributed by atoms with Crippen LogP contribution in [0, 0.1) is 11.6 Å². The maximum absolute atomic E-state index is 13.6. The molecule has 1 aliphatic heterocycles. The molecule has 0 radical (unpaired) electrons. The van der Waals surface area contributed by atoms with Crippen molar-refractivity contribution in [2.45, 2.75) is 19.4 Å². The number of nitrogens with zero attached hydrogens (tertiary/aromatic N) is 2. The molecule has 0 spiro atoms. The Bertz CT molecular complexity index is 1100. The summed E-state index contributed by atoms with van der Waals surface area (Å²) in [6.45, 7) is 1.75. The molecular formula is C22H20F2N4O2S. The number of hydrogen-bond acceptors (Lipinski definition) is 5. The number of carbonyl (C=O) groups excluding carboxylic acids is 2. The molecule has 9 heteroatoms. The Morgan fingerprint density at radius 2 is 2.03 bits per heavy atom. The molecule has 1 aromatic carbocycles. The highest BCUT2D eigenvalue weighted by Gasteiger charge is 2.18. The predicted octanol–water partition coefficient (Wildman–Crippen LogP) is 3.74. The van der Waals surface area contributed by atoms with Gasteiger partial charge in [0.2, 0.25) is 5.91 Å². The van der Waals surface area contributed by atoms with E-state index in [4.69, 9.17) is 0 Å². The average Bonchev–Trinajstić information content (AvgIpc) is 3.22. The van der Waals surface area contributed by atoms with E-state index in [1.54, 1.807) is 23.6 Å². The number of anilines is 2. The van der Waals surface area contributed by atoms with Gasteiger partial charge in [-0.05, 0) is 47.7 Å². The van der Waals surface area contributed by atoms with Crippen molar-refractivity contribution >= 4 is 34.7 Å². The van der Waals surface area contributed by atoms with Crippen LogP contribution in [-0.2, 0) is 17.8 Å². The molecule has 3 aromatic rings. The van der Waals surface area contributed by atoms with Gasteiger partial charge in [0.05, 0.1) is 17.4 Å². The first-order valence-corrected chi connectivity index (χ1v) is 10.7. The number of aromatic nitrogens is 1. The lowest BCUT2D eigenvalue weighted by Crippen LogP contribution is -2.30. The fraction of sp³-hybridized carbons (Fsp3) is 0.227. The van der Waals surface area contributed by atoms with Crippen LogP contribution in [0.25, 0.3) is 0 Å². The van der Waals surface area contributed by atoms with Crippen LogP contribution in [0.15, 0.2) is 48.0 Å². The second kappa shape index (κ2) is 9.22. The number of thiophene rings is 1. The first kappa shape index (κ1) is 20.9. The summed E-state index contributed by atoms with van der Waals surface area (Å²) in [5.74, 6) is -1.87. The van der Waals surface area contributed by atoms with E-state index in [1.807, 2.05) is 6.07 Å². The van der Waals surface area contributed by atoms with Crippen LogP contribution in [-0.4, -0.2) is 29.9 Å². The maximum atomic E-state index is 13.6. The summed E-state index contributed by atoms with van der Waals surface area (Å²) in [6.07, 6.45) is 2.60. The van der Waals surface area contributed by atoms with E-state index in [-0.39, 0.29) is 24.4 Å². The number of halogens is 2. The molecule has 31 heavy (non-hydrogen) atoms. The van der Waals surface area contributed by atoms with Gasteiger partial charge in [-0.3, -0.25) is 9.59 Å². The average molecular weight is 442 g/mol. The third-order valence-electron chi connectivity index (χ3n) is 4.98. The zero-order chi connectivity index (χ0) is 21.8. The van der Waals surface area contributed by atoms with Gasteiger partial charge in [0.25, 0.3) is 5.91 Å². The van der Waals surface area contributed by atoms with Crippen molar-refractivity contribution < 1.29 is 18.4 Å². The van der Waals surface area contributed by atoms with Gasteiger partial charge in [-0.15, -0.1) is 11.3 Å². The summed E-state index contributed by atoms with van der Waals surface area (Å²) >= 11 is 1.79. The summed E-state index contributed by atoms with van der Waals surface area (Å²) in [4.78, 5) is 32.1. The van der Waals surface area contributed by atoms with Crippen molar-refractivity contribution in [3.63, 3.8) is 0 Å². The van der Waals surface area contributed by atoms with E-state index in [1.165, 1.54) is 10.4 Å². The lowest BCUT2D eigenvalue weighted by atomic mass is 10.1. The molecule has 0 atom stereocenters. The second-order valence-corrected chi connectivity index (χ2v) is 8.12. The molecule has 0 unspecified atom stereocenters. The lowest BCUT2D eigenvalue weighted by Gasteiger charge is -2.28. The smallest absolute Gasteiger partial charge is 0.254 e. The van der Waals surface area contributed by atoms with Crippen molar-refractivity contribution in [1.82, 2.24) is 10.3 Å². The molecule has 1 aliphatic rings. The minimum atomic E-state index is -0.947. The monoisotopic (exact) mass is 442 g/mol. The molecule has 2 N–H and O–H groups in total. The van der Waals surface area contributed by atoms with Gasteiger partial charge >= 0.3 is 0 Å². The number of amides is 2. The number of carbonyl (C=O) groups is 2. The van der Waals surface area contributed by atoms with Crippen LogP contribution in [0.2, 0.25) is 0 Å². The SMILES string of the molecule is O=C(CCNC(=O)c1ccc(F)cc1F)Nc1ccc(N2CCc3sccc3C2)nc1. The molecule has 2 amide bonds. The highest BCUT2D eigenvalue weighted by Crippen LogP contribution is 2.27. The van der Waals surface area contributed by atoms with Crippen LogP contribution in [0.3, 0.4) is 0 Å².